The summed E-state index contributed by atoms with van der Waals surface area (Å²) in [5, 5.41) is 0. The maximum absolute atomic E-state index is 13.3. The summed E-state index contributed by atoms with van der Waals surface area (Å²) in [6.45, 7) is 8.78. The van der Waals surface area contributed by atoms with E-state index in [1.807, 2.05) is 17.9 Å². The third-order valence-corrected chi connectivity index (χ3v) is 5.81. The van der Waals surface area contributed by atoms with E-state index in [-0.39, 0.29) is 5.82 Å². The number of nitrogens with zero attached hydrogens (tertiary/aromatic N) is 3. The second kappa shape index (κ2) is 7.73. The molecule has 138 valence electrons. The normalized spacial score (nSPS) is 22.3. The van der Waals surface area contributed by atoms with Gasteiger partial charge in [-0.25, -0.2) is 4.39 Å². The molecule has 1 atom stereocenters. The second-order valence-electron chi connectivity index (χ2n) is 7.59. The molecule has 0 bridgehead atoms. The minimum atomic E-state index is -0.164. The standard InChI is InChI=1S/C20H30FN3O/c1-4-23-14-16(12-20(23)25)13-22(3)18-7-9-24(10-8-18)19-6-5-17(21)11-15(19)2/h5-6,11,16,18H,4,7-10,12-14H2,1-3H3. The van der Waals surface area contributed by atoms with Gasteiger partial charge in [-0.1, -0.05) is 0 Å². The van der Waals surface area contributed by atoms with Crippen LogP contribution in [0.15, 0.2) is 18.2 Å². The SMILES string of the molecule is CCN1CC(CN(C)C2CCN(c3ccc(F)cc3C)CC2)CC1=O. The molecule has 2 aliphatic rings. The van der Waals surface area contributed by atoms with Gasteiger partial charge in [-0.3, -0.25) is 4.79 Å². The summed E-state index contributed by atoms with van der Waals surface area (Å²) in [4.78, 5) is 18.7. The van der Waals surface area contributed by atoms with Gasteiger partial charge in [0.1, 0.15) is 5.82 Å². The van der Waals surface area contributed by atoms with E-state index < -0.39 is 0 Å². The molecule has 1 amide bonds. The zero-order valence-corrected chi connectivity index (χ0v) is 15.7. The van der Waals surface area contributed by atoms with Gasteiger partial charge < -0.3 is 14.7 Å². The van der Waals surface area contributed by atoms with Crippen LogP contribution in [-0.4, -0.2) is 61.5 Å². The average Bonchev–Trinajstić information content (AvgIpc) is 2.94. The number of hydrogen-bond donors (Lipinski definition) is 0. The monoisotopic (exact) mass is 347 g/mol. The van der Waals surface area contributed by atoms with Gasteiger partial charge in [0.25, 0.3) is 0 Å². The fraction of sp³-hybridized carbons (Fsp3) is 0.650. The minimum Gasteiger partial charge on any atom is -0.371 e. The number of anilines is 1. The zero-order valence-electron chi connectivity index (χ0n) is 15.7. The Morgan fingerprint density at radius 3 is 2.60 bits per heavy atom. The average molecular weight is 347 g/mol. The number of carbonyl (C=O) groups excluding carboxylic acids is 1. The van der Waals surface area contributed by atoms with Crippen LogP contribution in [0.5, 0.6) is 0 Å². The van der Waals surface area contributed by atoms with Crippen LogP contribution < -0.4 is 4.90 Å². The van der Waals surface area contributed by atoms with Crippen molar-refractivity contribution in [3.8, 4) is 0 Å². The molecule has 0 aliphatic carbocycles. The number of aryl methyl sites for hydroxylation is 1. The summed E-state index contributed by atoms with van der Waals surface area (Å²) in [6.07, 6.45) is 2.93. The Bertz CT molecular complexity index is 613. The molecular weight excluding hydrogens is 317 g/mol. The first kappa shape index (κ1) is 18.2. The van der Waals surface area contributed by atoms with E-state index in [1.165, 1.54) is 0 Å². The molecule has 1 aromatic carbocycles. The number of likely N-dealkylation sites (tertiary alicyclic amines) is 1. The summed E-state index contributed by atoms with van der Waals surface area (Å²) in [5.41, 5.74) is 2.17. The molecular formula is C20H30FN3O. The van der Waals surface area contributed by atoms with Crippen LogP contribution in [0.3, 0.4) is 0 Å². The van der Waals surface area contributed by atoms with Crippen LogP contribution in [0.2, 0.25) is 0 Å². The lowest BCUT2D eigenvalue weighted by atomic mass is 10.00. The fourth-order valence-electron chi connectivity index (χ4n) is 4.36. The smallest absolute Gasteiger partial charge is 0.222 e. The minimum absolute atomic E-state index is 0.164. The van der Waals surface area contributed by atoms with Gasteiger partial charge in [-0.2, -0.15) is 0 Å². The summed E-state index contributed by atoms with van der Waals surface area (Å²) >= 11 is 0. The Morgan fingerprint density at radius 2 is 2.00 bits per heavy atom. The van der Waals surface area contributed by atoms with Crippen molar-refractivity contribution in [1.29, 1.82) is 0 Å². The number of amides is 1. The molecule has 4 nitrogen and oxygen atoms in total. The van der Waals surface area contributed by atoms with Gasteiger partial charge in [0.2, 0.25) is 5.91 Å². The molecule has 0 radical (unpaired) electrons. The van der Waals surface area contributed by atoms with Crippen LogP contribution in [0, 0.1) is 18.7 Å². The van der Waals surface area contributed by atoms with Crippen LogP contribution >= 0.6 is 0 Å². The van der Waals surface area contributed by atoms with Crippen molar-refractivity contribution in [3.63, 3.8) is 0 Å². The molecule has 2 heterocycles. The third kappa shape index (κ3) is 4.14. The van der Waals surface area contributed by atoms with E-state index in [0.717, 1.165) is 56.8 Å². The lowest BCUT2D eigenvalue weighted by Crippen LogP contribution is -2.45. The highest BCUT2D eigenvalue weighted by molar-refractivity contribution is 5.78. The predicted octanol–water partition coefficient (Wildman–Crippen LogP) is 2.90. The van der Waals surface area contributed by atoms with Crippen molar-refractivity contribution in [3.05, 3.63) is 29.6 Å². The van der Waals surface area contributed by atoms with Crippen molar-refractivity contribution in [2.45, 2.75) is 39.2 Å². The van der Waals surface area contributed by atoms with Gasteiger partial charge in [0, 0.05) is 50.9 Å². The van der Waals surface area contributed by atoms with E-state index >= 15 is 0 Å². The number of carbonyl (C=O) groups is 1. The van der Waals surface area contributed by atoms with Crippen molar-refractivity contribution in [2.24, 2.45) is 5.92 Å². The quantitative estimate of drug-likeness (QED) is 0.819. The molecule has 3 rings (SSSR count). The Morgan fingerprint density at radius 1 is 1.28 bits per heavy atom. The topological polar surface area (TPSA) is 26.8 Å². The molecule has 0 N–H and O–H groups in total. The molecule has 0 spiro atoms. The number of piperidine rings is 1. The van der Waals surface area contributed by atoms with Gasteiger partial charge >= 0.3 is 0 Å². The van der Waals surface area contributed by atoms with Gasteiger partial charge in [-0.15, -0.1) is 0 Å². The van der Waals surface area contributed by atoms with E-state index in [2.05, 4.69) is 23.8 Å². The van der Waals surface area contributed by atoms with Gasteiger partial charge in [-0.05, 0) is 63.4 Å². The second-order valence-corrected chi connectivity index (χ2v) is 7.59. The molecule has 5 heteroatoms. The van der Waals surface area contributed by atoms with Crippen LogP contribution in [0.25, 0.3) is 0 Å². The molecule has 0 saturated carbocycles. The van der Waals surface area contributed by atoms with E-state index in [4.69, 9.17) is 0 Å². The molecule has 1 aromatic rings. The largest absolute Gasteiger partial charge is 0.371 e. The lowest BCUT2D eigenvalue weighted by molar-refractivity contribution is -0.127. The Labute approximate surface area is 150 Å². The summed E-state index contributed by atoms with van der Waals surface area (Å²) in [7, 11) is 2.20. The van der Waals surface area contributed by atoms with Crippen LogP contribution in [0.4, 0.5) is 10.1 Å². The van der Waals surface area contributed by atoms with E-state index in [1.54, 1.807) is 12.1 Å². The number of benzene rings is 1. The summed E-state index contributed by atoms with van der Waals surface area (Å²) in [5.74, 6) is 0.612. The highest BCUT2D eigenvalue weighted by Gasteiger charge is 2.31. The first-order valence-corrected chi connectivity index (χ1v) is 9.47. The Kier molecular flexibility index (Phi) is 5.62. The molecule has 2 fully saturated rings. The molecule has 0 aromatic heterocycles. The maximum Gasteiger partial charge on any atom is 0.222 e. The first-order valence-electron chi connectivity index (χ1n) is 9.47. The van der Waals surface area contributed by atoms with Crippen molar-refractivity contribution in [1.82, 2.24) is 9.80 Å². The Hall–Kier alpha value is -1.62. The maximum atomic E-state index is 13.3. The summed E-state index contributed by atoms with van der Waals surface area (Å²) < 4.78 is 13.3. The van der Waals surface area contributed by atoms with E-state index in [9.17, 15) is 9.18 Å². The van der Waals surface area contributed by atoms with Crippen molar-refractivity contribution >= 4 is 11.6 Å². The van der Waals surface area contributed by atoms with E-state index in [0.29, 0.717) is 24.3 Å². The predicted molar refractivity (Wildman–Crippen MR) is 99.4 cm³/mol. The molecule has 2 aliphatic heterocycles. The molecule has 25 heavy (non-hydrogen) atoms. The van der Waals surface area contributed by atoms with Crippen LogP contribution in [-0.2, 0) is 4.79 Å². The fourth-order valence-corrected chi connectivity index (χ4v) is 4.36. The Balaban J connectivity index is 1.51. The van der Waals surface area contributed by atoms with Gasteiger partial charge in [0.15, 0.2) is 0 Å². The highest BCUT2D eigenvalue weighted by Crippen LogP contribution is 2.27. The number of halogens is 1. The first-order chi connectivity index (χ1) is 12.0. The lowest BCUT2D eigenvalue weighted by Gasteiger charge is -2.39. The highest BCUT2D eigenvalue weighted by atomic mass is 19.1. The number of hydrogen-bond acceptors (Lipinski definition) is 3. The number of rotatable bonds is 5. The molecule has 2 saturated heterocycles. The van der Waals surface area contributed by atoms with Crippen molar-refractivity contribution in [2.75, 3.05) is 44.7 Å². The zero-order chi connectivity index (χ0) is 18.0. The van der Waals surface area contributed by atoms with Gasteiger partial charge in [0.05, 0.1) is 0 Å². The van der Waals surface area contributed by atoms with Crippen LogP contribution in [0.1, 0.15) is 31.7 Å². The summed E-state index contributed by atoms with van der Waals surface area (Å²) in [6, 6.07) is 5.64. The van der Waals surface area contributed by atoms with Crippen molar-refractivity contribution < 1.29 is 9.18 Å². The molecule has 1 unspecified atom stereocenters. The third-order valence-electron chi connectivity index (χ3n) is 5.81.